The Bertz CT molecular complexity index is 593. The molecule has 0 fully saturated rings. The van der Waals surface area contributed by atoms with Crippen molar-refractivity contribution in [3.05, 3.63) is 28.8 Å². The fourth-order valence-corrected chi connectivity index (χ4v) is 2.95. The zero-order valence-corrected chi connectivity index (χ0v) is 16.3. The molecule has 1 aliphatic rings. The second-order valence-electron chi connectivity index (χ2n) is 7.49. The first kappa shape index (κ1) is 19.6. The quantitative estimate of drug-likeness (QED) is 0.793. The number of amides is 1. The summed E-state index contributed by atoms with van der Waals surface area (Å²) in [6, 6.07) is 4.33. The van der Waals surface area contributed by atoms with E-state index >= 15 is 0 Å². The predicted octanol–water partition coefficient (Wildman–Crippen LogP) is 3.88. The summed E-state index contributed by atoms with van der Waals surface area (Å²) in [5.74, 6) is 0.913. The van der Waals surface area contributed by atoms with Gasteiger partial charge in [-0.1, -0.05) is 13.0 Å². The molecule has 0 atom stereocenters. The number of hydrogen-bond donors (Lipinski definition) is 1. The molecular formula is C20H32N2O3. The van der Waals surface area contributed by atoms with Crippen LogP contribution in [0.4, 0.5) is 4.79 Å². The van der Waals surface area contributed by atoms with Crippen LogP contribution in [0.5, 0.6) is 5.75 Å². The van der Waals surface area contributed by atoms with Crippen LogP contribution in [0.2, 0.25) is 0 Å². The zero-order valence-electron chi connectivity index (χ0n) is 16.3. The van der Waals surface area contributed by atoms with E-state index in [2.05, 4.69) is 24.4 Å². The van der Waals surface area contributed by atoms with Crippen molar-refractivity contribution < 1.29 is 14.3 Å². The smallest absolute Gasteiger partial charge is 0.410 e. The first-order chi connectivity index (χ1) is 11.8. The van der Waals surface area contributed by atoms with E-state index in [0.29, 0.717) is 19.7 Å². The molecule has 0 bridgehead atoms. The van der Waals surface area contributed by atoms with Crippen LogP contribution in [0, 0.1) is 0 Å². The van der Waals surface area contributed by atoms with Gasteiger partial charge in [-0.2, -0.15) is 0 Å². The molecule has 1 amide bonds. The van der Waals surface area contributed by atoms with E-state index in [-0.39, 0.29) is 6.09 Å². The lowest BCUT2D eigenvalue weighted by atomic mass is 9.96. The number of nitrogens with zero attached hydrogens (tertiary/aromatic N) is 1. The third-order valence-electron chi connectivity index (χ3n) is 4.09. The topological polar surface area (TPSA) is 50.8 Å². The number of carbonyl (C=O) groups excluding carboxylic acids is 1. The molecule has 1 aromatic carbocycles. The number of benzene rings is 1. The number of carbonyl (C=O) groups is 1. The molecule has 0 saturated heterocycles. The highest BCUT2D eigenvalue weighted by Crippen LogP contribution is 2.29. The molecule has 0 aromatic heterocycles. The highest BCUT2D eigenvalue weighted by molar-refractivity contribution is 5.68. The maximum absolute atomic E-state index is 12.3. The van der Waals surface area contributed by atoms with E-state index in [1.807, 2.05) is 27.7 Å². The third kappa shape index (κ3) is 5.63. The molecule has 1 heterocycles. The molecule has 5 heteroatoms. The van der Waals surface area contributed by atoms with Gasteiger partial charge in [-0.25, -0.2) is 4.79 Å². The van der Waals surface area contributed by atoms with Crippen molar-refractivity contribution in [2.45, 2.75) is 66.2 Å². The molecule has 140 valence electrons. The van der Waals surface area contributed by atoms with Gasteiger partial charge in [0.1, 0.15) is 11.4 Å². The van der Waals surface area contributed by atoms with Gasteiger partial charge in [-0.3, -0.25) is 0 Å². The van der Waals surface area contributed by atoms with Gasteiger partial charge in [0.05, 0.1) is 6.61 Å². The van der Waals surface area contributed by atoms with Crippen molar-refractivity contribution in [1.29, 1.82) is 0 Å². The first-order valence-corrected chi connectivity index (χ1v) is 9.30. The van der Waals surface area contributed by atoms with E-state index in [4.69, 9.17) is 9.47 Å². The predicted molar refractivity (Wildman–Crippen MR) is 100.0 cm³/mol. The SMILES string of the molecule is CCCNCc1cc2c(cc1OCC)CN(C(=O)OC(C)(C)C)CC2. The molecule has 1 aromatic rings. The standard InChI is InChI=1S/C20H32N2O3/c1-6-9-21-13-16-11-15-8-10-22(19(23)25-20(3,4)5)14-17(15)12-18(16)24-7-2/h11-12,21H,6-10,13-14H2,1-5H3. The fourth-order valence-electron chi connectivity index (χ4n) is 2.95. The normalized spacial score (nSPS) is 14.2. The Morgan fingerprint density at radius 1 is 1.24 bits per heavy atom. The molecule has 2 rings (SSSR count). The van der Waals surface area contributed by atoms with Crippen molar-refractivity contribution in [3.8, 4) is 5.75 Å². The van der Waals surface area contributed by atoms with E-state index in [0.717, 1.165) is 37.2 Å². The number of nitrogens with one attached hydrogen (secondary N) is 1. The average molecular weight is 348 g/mol. The Hall–Kier alpha value is -1.75. The van der Waals surface area contributed by atoms with Gasteiger partial charge in [0.15, 0.2) is 0 Å². The summed E-state index contributed by atoms with van der Waals surface area (Å²) in [7, 11) is 0. The highest BCUT2D eigenvalue weighted by atomic mass is 16.6. The molecule has 1 N–H and O–H groups in total. The number of ether oxygens (including phenoxy) is 2. The molecule has 25 heavy (non-hydrogen) atoms. The van der Waals surface area contributed by atoms with Crippen LogP contribution >= 0.6 is 0 Å². The van der Waals surface area contributed by atoms with Crippen LogP contribution in [-0.2, 0) is 24.2 Å². The second kappa shape index (κ2) is 8.56. The van der Waals surface area contributed by atoms with Crippen molar-refractivity contribution in [2.75, 3.05) is 19.7 Å². The lowest BCUT2D eigenvalue weighted by Gasteiger charge is -2.32. The van der Waals surface area contributed by atoms with Crippen LogP contribution in [0.1, 0.15) is 57.7 Å². The highest BCUT2D eigenvalue weighted by Gasteiger charge is 2.26. The monoisotopic (exact) mass is 348 g/mol. The Balaban J connectivity index is 2.15. The van der Waals surface area contributed by atoms with Crippen molar-refractivity contribution in [2.24, 2.45) is 0 Å². The van der Waals surface area contributed by atoms with Crippen molar-refractivity contribution >= 4 is 6.09 Å². The number of fused-ring (bicyclic) bond motifs is 1. The molecule has 1 aliphatic heterocycles. The van der Waals surface area contributed by atoms with E-state index in [1.54, 1.807) is 4.90 Å². The lowest BCUT2D eigenvalue weighted by molar-refractivity contribution is 0.0223. The van der Waals surface area contributed by atoms with Crippen molar-refractivity contribution in [3.63, 3.8) is 0 Å². The van der Waals surface area contributed by atoms with Gasteiger partial charge in [0.25, 0.3) is 0 Å². The van der Waals surface area contributed by atoms with Gasteiger partial charge >= 0.3 is 6.09 Å². The molecular weight excluding hydrogens is 316 g/mol. The molecule has 0 saturated carbocycles. The summed E-state index contributed by atoms with van der Waals surface area (Å²) in [5, 5.41) is 3.45. The van der Waals surface area contributed by atoms with Crippen LogP contribution in [0.25, 0.3) is 0 Å². The third-order valence-corrected chi connectivity index (χ3v) is 4.09. The summed E-state index contributed by atoms with van der Waals surface area (Å²) < 4.78 is 11.3. The van der Waals surface area contributed by atoms with Crippen LogP contribution in [0.3, 0.4) is 0 Å². The summed E-state index contributed by atoms with van der Waals surface area (Å²) in [6.45, 7) is 13.5. The van der Waals surface area contributed by atoms with Crippen molar-refractivity contribution in [1.82, 2.24) is 10.2 Å². The largest absolute Gasteiger partial charge is 0.494 e. The van der Waals surface area contributed by atoms with Gasteiger partial charge in [0, 0.05) is 25.2 Å². The summed E-state index contributed by atoms with van der Waals surface area (Å²) in [4.78, 5) is 14.1. The Kier molecular flexibility index (Phi) is 6.71. The Morgan fingerprint density at radius 2 is 2.00 bits per heavy atom. The summed E-state index contributed by atoms with van der Waals surface area (Å²) in [5.41, 5.74) is 3.18. The first-order valence-electron chi connectivity index (χ1n) is 9.30. The second-order valence-corrected chi connectivity index (χ2v) is 7.49. The number of rotatable bonds is 6. The molecule has 0 aliphatic carbocycles. The van der Waals surface area contributed by atoms with Gasteiger partial charge in [-0.15, -0.1) is 0 Å². The maximum atomic E-state index is 12.3. The van der Waals surface area contributed by atoms with Crippen LogP contribution < -0.4 is 10.1 Å². The summed E-state index contributed by atoms with van der Waals surface area (Å²) in [6.07, 6.45) is 1.71. The molecule has 0 spiro atoms. The average Bonchev–Trinajstić information content (AvgIpc) is 2.53. The van der Waals surface area contributed by atoms with Crippen LogP contribution in [0.15, 0.2) is 12.1 Å². The Morgan fingerprint density at radius 3 is 2.64 bits per heavy atom. The minimum Gasteiger partial charge on any atom is -0.494 e. The molecule has 0 radical (unpaired) electrons. The fraction of sp³-hybridized carbons (Fsp3) is 0.650. The number of hydrogen-bond acceptors (Lipinski definition) is 4. The molecule has 5 nitrogen and oxygen atoms in total. The Labute approximate surface area is 151 Å². The minimum atomic E-state index is -0.470. The van der Waals surface area contributed by atoms with Gasteiger partial charge in [-0.05, 0) is 64.3 Å². The maximum Gasteiger partial charge on any atom is 0.410 e. The van der Waals surface area contributed by atoms with E-state index in [9.17, 15) is 4.79 Å². The van der Waals surface area contributed by atoms with Gasteiger partial charge in [0.2, 0.25) is 0 Å². The van der Waals surface area contributed by atoms with E-state index in [1.165, 1.54) is 11.1 Å². The van der Waals surface area contributed by atoms with E-state index < -0.39 is 5.60 Å². The minimum absolute atomic E-state index is 0.246. The van der Waals surface area contributed by atoms with Gasteiger partial charge < -0.3 is 19.7 Å². The summed E-state index contributed by atoms with van der Waals surface area (Å²) >= 11 is 0. The van der Waals surface area contributed by atoms with Crippen LogP contribution in [-0.4, -0.2) is 36.3 Å². The lowest BCUT2D eigenvalue weighted by Crippen LogP contribution is -2.40. The zero-order chi connectivity index (χ0) is 18.4. The molecule has 0 unspecified atom stereocenters.